The number of hydrogen-bond donors (Lipinski definition) is 2. The van der Waals surface area contributed by atoms with Crippen LogP contribution in [0.5, 0.6) is 17.2 Å². The number of para-hydroxylation sites is 2. The van der Waals surface area contributed by atoms with E-state index >= 15 is 0 Å². The van der Waals surface area contributed by atoms with Crippen molar-refractivity contribution in [2.45, 2.75) is 20.0 Å². The fourth-order valence-corrected chi connectivity index (χ4v) is 7.85. The molecule has 4 aliphatic rings. The Morgan fingerprint density at radius 3 is 1.47 bits per heavy atom. The van der Waals surface area contributed by atoms with E-state index < -0.39 is 7.82 Å². The first-order valence-electron chi connectivity index (χ1n) is 12.4. The summed E-state index contributed by atoms with van der Waals surface area (Å²) < 4.78 is 31.0. The molecule has 4 aliphatic heterocycles. The van der Waals surface area contributed by atoms with Crippen molar-refractivity contribution in [3.63, 3.8) is 0 Å². The SMILES string of the molecule is CC12C[NH+]3CC(C)(C[NH+](C1)C3c1ccc(OP(=O)(Oc3ccccc3)Oc3ccccc3)cc1)C2=O. The number of phosphoric ester groups is 1. The maximum absolute atomic E-state index is 13.7. The maximum atomic E-state index is 13.7. The van der Waals surface area contributed by atoms with E-state index in [0.717, 1.165) is 26.2 Å². The number of nitrogens with one attached hydrogen (secondary N) is 2. The number of rotatable bonds is 7. The van der Waals surface area contributed by atoms with Crippen molar-refractivity contribution < 1.29 is 32.7 Å². The summed E-state index contributed by atoms with van der Waals surface area (Å²) in [6.07, 6.45) is 0.279. The van der Waals surface area contributed by atoms with Gasteiger partial charge in [0, 0.05) is 0 Å². The fourth-order valence-electron chi connectivity index (χ4n) is 6.60. The largest absolute Gasteiger partial charge is 0.647 e. The van der Waals surface area contributed by atoms with Crippen molar-refractivity contribution in [1.29, 1.82) is 0 Å². The molecule has 4 bridgehead atoms. The minimum absolute atomic E-state index is 0.230. The molecule has 7 rings (SSSR count). The monoisotopic (exact) mass is 506 g/mol. The highest BCUT2D eigenvalue weighted by molar-refractivity contribution is 7.49. The van der Waals surface area contributed by atoms with Crippen LogP contribution in [0, 0.1) is 10.8 Å². The fraction of sp³-hybridized carbons (Fsp3) is 0.321. The van der Waals surface area contributed by atoms with Gasteiger partial charge in [0.15, 0.2) is 5.78 Å². The summed E-state index contributed by atoms with van der Waals surface area (Å²) in [7, 11) is -4.03. The number of benzene rings is 3. The zero-order valence-corrected chi connectivity index (χ0v) is 21.4. The Bertz CT molecular complexity index is 1230. The van der Waals surface area contributed by atoms with Crippen LogP contribution in [0.3, 0.4) is 0 Å². The number of hydrogen-bond acceptors (Lipinski definition) is 5. The summed E-state index contributed by atoms with van der Waals surface area (Å²) in [4.78, 5) is 15.9. The Morgan fingerprint density at radius 2 is 1.06 bits per heavy atom. The lowest BCUT2D eigenvalue weighted by atomic mass is 9.62. The number of ketones is 1. The summed E-state index contributed by atoms with van der Waals surface area (Å²) in [6, 6.07) is 25.4. The van der Waals surface area contributed by atoms with Crippen LogP contribution < -0.4 is 23.4 Å². The van der Waals surface area contributed by atoms with Gasteiger partial charge in [-0.25, -0.2) is 0 Å². The van der Waals surface area contributed by atoms with Crippen LogP contribution in [0.25, 0.3) is 0 Å². The zero-order valence-electron chi connectivity index (χ0n) is 20.5. The first kappa shape index (κ1) is 23.3. The Kier molecular flexibility index (Phi) is 5.48. The van der Waals surface area contributed by atoms with E-state index in [1.165, 1.54) is 15.4 Å². The molecular weight excluding hydrogens is 475 g/mol. The Labute approximate surface area is 211 Å². The molecule has 4 saturated heterocycles. The van der Waals surface area contributed by atoms with Crippen molar-refractivity contribution in [1.82, 2.24) is 0 Å². The molecule has 0 unspecified atom stereocenters. The number of quaternary nitrogens is 2. The van der Waals surface area contributed by atoms with Crippen LogP contribution in [0.2, 0.25) is 0 Å². The third-order valence-corrected chi connectivity index (χ3v) is 9.04. The van der Waals surface area contributed by atoms with E-state index in [1.54, 1.807) is 48.5 Å². The number of carbonyl (C=O) groups excluding carboxylic acids is 1. The average Bonchev–Trinajstić information content (AvgIpc) is 2.84. The van der Waals surface area contributed by atoms with Gasteiger partial charge in [0.05, 0.1) is 31.7 Å². The molecule has 3 aromatic rings. The molecule has 0 radical (unpaired) electrons. The van der Waals surface area contributed by atoms with Crippen molar-refractivity contribution in [2.24, 2.45) is 10.8 Å². The van der Waals surface area contributed by atoms with E-state index in [0.29, 0.717) is 23.0 Å². The summed E-state index contributed by atoms with van der Waals surface area (Å²) in [6.45, 7) is 7.77. The molecule has 186 valence electrons. The van der Waals surface area contributed by atoms with Crippen LogP contribution in [-0.2, 0) is 9.36 Å². The second-order valence-corrected chi connectivity index (χ2v) is 12.3. The summed E-state index contributed by atoms with van der Waals surface area (Å²) in [5.74, 6) is 1.64. The van der Waals surface area contributed by atoms with E-state index in [9.17, 15) is 9.36 Å². The molecule has 8 heteroatoms. The highest BCUT2D eigenvalue weighted by atomic mass is 31.2. The van der Waals surface area contributed by atoms with Gasteiger partial charge in [0.1, 0.15) is 28.1 Å². The molecule has 4 heterocycles. The Balaban J connectivity index is 1.23. The summed E-state index contributed by atoms with van der Waals surface area (Å²) >= 11 is 0. The second-order valence-electron chi connectivity index (χ2n) is 10.8. The smallest absolute Gasteiger partial charge is 0.386 e. The van der Waals surface area contributed by atoms with Gasteiger partial charge in [0.25, 0.3) is 0 Å². The van der Waals surface area contributed by atoms with Gasteiger partial charge >= 0.3 is 7.82 Å². The molecular formula is C28H31N2O5P+2. The molecule has 0 aromatic heterocycles. The van der Waals surface area contributed by atoms with Gasteiger partial charge in [-0.2, -0.15) is 4.57 Å². The van der Waals surface area contributed by atoms with Gasteiger partial charge in [-0.15, -0.1) is 0 Å². The third kappa shape index (κ3) is 4.11. The van der Waals surface area contributed by atoms with Gasteiger partial charge in [-0.1, -0.05) is 36.4 Å². The van der Waals surface area contributed by atoms with Crippen molar-refractivity contribution in [3.8, 4) is 17.2 Å². The quantitative estimate of drug-likeness (QED) is 0.483. The van der Waals surface area contributed by atoms with E-state index in [1.807, 2.05) is 36.4 Å². The highest BCUT2D eigenvalue weighted by Gasteiger charge is 2.68. The standard InChI is InChI=1S/C28H29N2O5P/c1-27-17-29-19-28(2,26(27)31)20-30(18-27)25(29)21-13-15-24(16-14-21)35-36(32,33-22-9-5-3-6-10-22)34-23-11-7-4-8-12-23/h3-16,25H,17-20H2,1-2H3/p+2. The van der Waals surface area contributed by atoms with Crippen LogP contribution in [0.4, 0.5) is 0 Å². The van der Waals surface area contributed by atoms with Crippen molar-refractivity contribution >= 4 is 13.6 Å². The molecule has 0 amide bonds. The lowest BCUT2D eigenvalue weighted by Gasteiger charge is -2.58. The van der Waals surface area contributed by atoms with Crippen molar-refractivity contribution in [3.05, 3.63) is 90.5 Å². The predicted molar refractivity (Wildman–Crippen MR) is 134 cm³/mol. The number of piperidine rings is 2. The van der Waals surface area contributed by atoms with Gasteiger partial charge in [-0.3, -0.25) is 14.6 Å². The van der Waals surface area contributed by atoms with Crippen LogP contribution in [0.15, 0.2) is 84.9 Å². The minimum Gasteiger partial charge on any atom is -0.386 e. The van der Waals surface area contributed by atoms with Gasteiger partial charge in [0.2, 0.25) is 6.17 Å². The lowest BCUT2D eigenvalue weighted by Crippen LogP contribution is -3.41. The molecule has 0 aliphatic carbocycles. The molecule has 36 heavy (non-hydrogen) atoms. The lowest BCUT2D eigenvalue weighted by molar-refractivity contribution is -1.18. The van der Waals surface area contributed by atoms with E-state index in [-0.39, 0.29) is 17.0 Å². The first-order valence-corrected chi connectivity index (χ1v) is 13.8. The molecule has 2 N–H and O–H groups in total. The molecule has 0 saturated carbocycles. The minimum atomic E-state index is -4.03. The average molecular weight is 507 g/mol. The van der Waals surface area contributed by atoms with Crippen LogP contribution in [0.1, 0.15) is 25.6 Å². The molecule has 3 aromatic carbocycles. The Morgan fingerprint density at radius 1 is 0.667 bits per heavy atom. The van der Waals surface area contributed by atoms with Gasteiger partial charge in [-0.05, 0) is 62.4 Å². The topological polar surface area (TPSA) is 70.7 Å². The first-order chi connectivity index (χ1) is 17.3. The van der Waals surface area contributed by atoms with E-state index in [4.69, 9.17) is 13.6 Å². The van der Waals surface area contributed by atoms with Crippen molar-refractivity contribution in [2.75, 3.05) is 26.2 Å². The summed E-state index contributed by atoms with van der Waals surface area (Å²) in [5.41, 5.74) is 0.728. The molecule has 7 nitrogen and oxygen atoms in total. The van der Waals surface area contributed by atoms with Crippen LogP contribution >= 0.6 is 7.82 Å². The Hall–Kier alpha value is -3.12. The van der Waals surface area contributed by atoms with Crippen LogP contribution in [-0.4, -0.2) is 32.0 Å². The molecule has 0 spiro atoms. The van der Waals surface area contributed by atoms with E-state index in [2.05, 4.69) is 13.8 Å². The molecule has 4 fully saturated rings. The number of Topliss-reactive ketones (excluding diaryl/α,β-unsaturated/α-hetero) is 1. The third-order valence-electron chi connectivity index (χ3n) is 7.73. The maximum Gasteiger partial charge on any atom is 0.647 e. The second kappa shape index (κ2) is 8.48. The van der Waals surface area contributed by atoms with Gasteiger partial charge < -0.3 is 13.6 Å². The highest BCUT2D eigenvalue weighted by Crippen LogP contribution is 2.49. The number of phosphoric acid groups is 1. The summed E-state index contributed by atoms with van der Waals surface area (Å²) in [5, 5.41) is 0. The number of carbonyl (C=O) groups is 1. The normalized spacial score (nSPS) is 30.7. The predicted octanol–water partition coefficient (Wildman–Crippen LogP) is 2.72. The zero-order chi connectivity index (χ0) is 25.0. The molecule has 0 atom stereocenters.